The second-order valence-electron chi connectivity index (χ2n) is 5.24. The van der Waals surface area contributed by atoms with E-state index >= 15 is 0 Å². The second kappa shape index (κ2) is 8.11. The first-order valence-corrected chi connectivity index (χ1v) is 8.00. The van der Waals surface area contributed by atoms with Crippen molar-refractivity contribution in [3.8, 4) is 11.4 Å². The smallest absolute Gasteiger partial charge is 0.287 e. The summed E-state index contributed by atoms with van der Waals surface area (Å²) in [5.74, 6) is 0.889. The number of nitrogens with one attached hydrogen (secondary N) is 1. The molecule has 0 aliphatic rings. The molecule has 2 N–H and O–H groups in total. The molecular formula is C17H19N7O. The normalized spacial score (nSPS) is 11.1. The molecule has 0 saturated carbocycles. The Labute approximate surface area is 145 Å². The molecule has 2 aromatic heterocycles. The average Bonchev–Trinajstić information content (AvgIpc) is 3.15. The Morgan fingerprint density at radius 2 is 1.84 bits per heavy atom. The fraction of sp³-hybridized carbons (Fsp3) is 0.235. The summed E-state index contributed by atoms with van der Waals surface area (Å²) in [6.45, 7) is 3.61. The zero-order valence-electron chi connectivity index (χ0n) is 13.9. The van der Waals surface area contributed by atoms with Crippen molar-refractivity contribution < 1.29 is 5.11 Å². The number of benzene rings is 1. The van der Waals surface area contributed by atoms with Gasteiger partial charge >= 0.3 is 0 Å². The molecule has 25 heavy (non-hydrogen) atoms. The van der Waals surface area contributed by atoms with Crippen molar-refractivity contribution in [3.63, 3.8) is 0 Å². The summed E-state index contributed by atoms with van der Waals surface area (Å²) in [4.78, 5) is 10.3. The summed E-state index contributed by atoms with van der Waals surface area (Å²) in [6.07, 6.45) is 3.38. The number of anilines is 1. The number of hydrogen-bond acceptors (Lipinski definition) is 7. The molecule has 0 aliphatic carbocycles. The van der Waals surface area contributed by atoms with Gasteiger partial charge in [0.05, 0.1) is 12.3 Å². The van der Waals surface area contributed by atoms with Gasteiger partial charge in [-0.3, -0.25) is 10.1 Å². The minimum Gasteiger partial charge on any atom is -0.395 e. The number of azo groups is 1. The second-order valence-corrected chi connectivity index (χ2v) is 5.24. The lowest BCUT2D eigenvalue weighted by molar-refractivity contribution is 0.302. The molecule has 0 fully saturated rings. The number of aliphatic hydroxyl groups is 1. The van der Waals surface area contributed by atoms with E-state index in [0.717, 1.165) is 17.8 Å². The molecule has 0 radical (unpaired) electrons. The molecule has 3 rings (SSSR count). The van der Waals surface area contributed by atoms with Crippen molar-refractivity contribution in [2.24, 2.45) is 10.2 Å². The van der Waals surface area contributed by atoms with Gasteiger partial charge in [-0.15, -0.1) is 15.3 Å². The van der Waals surface area contributed by atoms with Crippen molar-refractivity contribution >= 4 is 17.3 Å². The van der Waals surface area contributed by atoms with Crippen LogP contribution in [-0.4, -0.2) is 45.0 Å². The number of pyridine rings is 1. The van der Waals surface area contributed by atoms with Crippen LogP contribution in [0.1, 0.15) is 6.92 Å². The summed E-state index contributed by atoms with van der Waals surface area (Å²) in [5.41, 5.74) is 2.63. The van der Waals surface area contributed by atoms with Crippen LogP contribution in [0.2, 0.25) is 0 Å². The Balaban J connectivity index is 1.69. The summed E-state index contributed by atoms with van der Waals surface area (Å²) >= 11 is 0. The zero-order valence-corrected chi connectivity index (χ0v) is 13.9. The number of aliphatic hydroxyl groups excluding tert-OH is 1. The van der Waals surface area contributed by atoms with E-state index in [2.05, 4.69) is 35.3 Å². The number of aromatic nitrogens is 4. The Bertz CT molecular complexity index is 815. The van der Waals surface area contributed by atoms with E-state index < -0.39 is 0 Å². The van der Waals surface area contributed by atoms with Gasteiger partial charge in [-0.2, -0.15) is 4.98 Å². The van der Waals surface area contributed by atoms with E-state index in [9.17, 15) is 0 Å². The minimum absolute atomic E-state index is 0.125. The van der Waals surface area contributed by atoms with E-state index in [1.54, 1.807) is 12.4 Å². The summed E-state index contributed by atoms with van der Waals surface area (Å²) in [5, 5.41) is 24.2. The van der Waals surface area contributed by atoms with Crippen LogP contribution in [0.5, 0.6) is 0 Å². The van der Waals surface area contributed by atoms with Crippen LogP contribution >= 0.6 is 0 Å². The third kappa shape index (κ3) is 4.24. The molecule has 0 aliphatic heterocycles. The molecule has 0 unspecified atom stereocenters. The Morgan fingerprint density at radius 3 is 2.52 bits per heavy atom. The molecule has 0 amide bonds. The van der Waals surface area contributed by atoms with Gasteiger partial charge in [0.2, 0.25) is 0 Å². The molecule has 0 bridgehead atoms. The third-order valence-corrected chi connectivity index (χ3v) is 3.65. The largest absolute Gasteiger partial charge is 0.395 e. The Hall–Kier alpha value is -3.13. The molecular weight excluding hydrogens is 318 g/mol. The van der Waals surface area contributed by atoms with E-state index in [-0.39, 0.29) is 12.6 Å². The van der Waals surface area contributed by atoms with Crippen molar-refractivity contribution in [2.75, 3.05) is 24.6 Å². The van der Waals surface area contributed by atoms with Gasteiger partial charge in [-0.05, 0) is 43.3 Å². The average molecular weight is 337 g/mol. The minimum atomic E-state index is 0.125. The maximum Gasteiger partial charge on any atom is 0.287 e. The fourth-order valence-corrected chi connectivity index (χ4v) is 2.36. The van der Waals surface area contributed by atoms with E-state index in [1.807, 2.05) is 43.3 Å². The molecule has 128 valence electrons. The topological polar surface area (TPSA) is 103 Å². The lowest BCUT2D eigenvalue weighted by Crippen LogP contribution is -2.25. The molecule has 0 spiro atoms. The Morgan fingerprint density at radius 1 is 1.08 bits per heavy atom. The van der Waals surface area contributed by atoms with Gasteiger partial charge in [-0.25, -0.2) is 0 Å². The predicted octanol–water partition coefficient (Wildman–Crippen LogP) is 3.10. The number of likely N-dealkylation sites (N-methyl/N-ethyl adjacent to an activating group) is 1. The van der Waals surface area contributed by atoms with Crippen LogP contribution in [0.4, 0.5) is 17.3 Å². The fourth-order valence-electron chi connectivity index (χ4n) is 2.36. The summed E-state index contributed by atoms with van der Waals surface area (Å²) in [6, 6.07) is 11.3. The van der Waals surface area contributed by atoms with Gasteiger partial charge in [0.15, 0.2) is 5.82 Å². The predicted molar refractivity (Wildman–Crippen MR) is 95.2 cm³/mol. The highest BCUT2D eigenvalue weighted by atomic mass is 16.3. The number of nitrogens with zero attached hydrogens (tertiary/aromatic N) is 6. The van der Waals surface area contributed by atoms with Gasteiger partial charge in [0.25, 0.3) is 5.95 Å². The molecule has 8 nitrogen and oxygen atoms in total. The monoisotopic (exact) mass is 337 g/mol. The van der Waals surface area contributed by atoms with Crippen molar-refractivity contribution in [3.05, 3.63) is 48.8 Å². The van der Waals surface area contributed by atoms with Gasteiger partial charge in [-0.1, -0.05) is 0 Å². The van der Waals surface area contributed by atoms with Crippen LogP contribution < -0.4 is 4.90 Å². The summed E-state index contributed by atoms with van der Waals surface area (Å²) < 4.78 is 0. The first-order valence-electron chi connectivity index (χ1n) is 8.00. The lowest BCUT2D eigenvalue weighted by Gasteiger charge is -2.21. The van der Waals surface area contributed by atoms with E-state index in [0.29, 0.717) is 18.1 Å². The molecule has 3 aromatic rings. The van der Waals surface area contributed by atoms with Crippen LogP contribution in [0.25, 0.3) is 11.4 Å². The highest BCUT2D eigenvalue weighted by Gasteiger charge is 2.05. The standard InChI is InChI=1S/C17H19N7O/c1-2-24(11-12-25)15-5-3-14(4-6-15)20-22-17-19-16(21-23-17)13-7-9-18-10-8-13/h3-10,25H,2,11-12H2,1H3,(H,19,21,23). The van der Waals surface area contributed by atoms with E-state index in [1.165, 1.54) is 0 Å². The first kappa shape index (κ1) is 16.7. The first-order chi connectivity index (χ1) is 12.3. The highest BCUT2D eigenvalue weighted by Crippen LogP contribution is 2.22. The van der Waals surface area contributed by atoms with Crippen LogP contribution in [0.3, 0.4) is 0 Å². The zero-order chi connectivity index (χ0) is 17.5. The van der Waals surface area contributed by atoms with Crippen LogP contribution in [-0.2, 0) is 0 Å². The van der Waals surface area contributed by atoms with Gasteiger partial charge in [0, 0.05) is 36.7 Å². The van der Waals surface area contributed by atoms with Gasteiger partial charge < -0.3 is 10.0 Å². The third-order valence-electron chi connectivity index (χ3n) is 3.65. The molecule has 2 heterocycles. The number of H-pyrrole nitrogens is 1. The highest BCUT2D eigenvalue weighted by molar-refractivity contribution is 5.55. The van der Waals surface area contributed by atoms with E-state index in [4.69, 9.17) is 5.11 Å². The molecule has 8 heteroatoms. The van der Waals surface area contributed by atoms with Crippen molar-refractivity contribution in [1.29, 1.82) is 0 Å². The molecule has 0 atom stereocenters. The lowest BCUT2D eigenvalue weighted by atomic mass is 10.2. The Kier molecular flexibility index (Phi) is 5.43. The van der Waals surface area contributed by atoms with Gasteiger partial charge in [0.1, 0.15) is 0 Å². The quantitative estimate of drug-likeness (QED) is 0.645. The number of rotatable bonds is 7. The molecule has 1 aromatic carbocycles. The van der Waals surface area contributed by atoms with Crippen molar-refractivity contribution in [1.82, 2.24) is 20.2 Å². The maximum atomic E-state index is 9.08. The maximum absolute atomic E-state index is 9.08. The summed E-state index contributed by atoms with van der Waals surface area (Å²) in [7, 11) is 0. The number of hydrogen-bond donors (Lipinski definition) is 2. The van der Waals surface area contributed by atoms with Crippen LogP contribution in [0, 0.1) is 0 Å². The van der Waals surface area contributed by atoms with Crippen LogP contribution in [0.15, 0.2) is 59.0 Å². The molecule has 0 saturated heterocycles. The number of aromatic amines is 1. The SMILES string of the molecule is CCN(CCO)c1ccc(N=Nc2n[nH]c(-c3ccncc3)n2)cc1. The van der Waals surface area contributed by atoms with Crippen molar-refractivity contribution in [2.45, 2.75) is 6.92 Å².